The van der Waals surface area contributed by atoms with Gasteiger partial charge in [0.15, 0.2) is 0 Å². The van der Waals surface area contributed by atoms with E-state index in [0.29, 0.717) is 5.92 Å². The fourth-order valence-electron chi connectivity index (χ4n) is 1.94. The van der Waals surface area contributed by atoms with Crippen molar-refractivity contribution < 1.29 is 14.7 Å². The van der Waals surface area contributed by atoms with Crippen LogP contribution < -0.4 is 0 Å². The first-order chi connectivity index (χ1) is 7.43. The third-order valence-electron chi connectivity index (χ3n) is 3.62. The van der Waals surface area contributed by atoms with Gasteiger partial charge in [0.1, 0.15) is 0 Å². The van der Waals surface area contributed by atoms with E-state index in [1.165, 1.54) is 0 Å². The summed E-state index contributed by atoms with van der Waals surface area (Å²) in [6.45, 7) is 7.04. The Morgan fingerprint density at radius 2 is 1.69 bits per heavy atom. The van der Waals surface area contributed by atoms with Crippen molar-refractivity contribution in [2.75, 3.05) is 13.1 Å². The molecule has 92 valence electrons. The number of rotatable bonds is 3. The molecule has 1 amide bonds. The lowest BCUT2D eigenvalue weighted by Crippen LogP contribution is -2.43. The first-order valence-corrected chi connectivity index (χ1v) is 5.95. The van der Waals surface area contributed by atoms with Gasteiger partial charge in [-0.1, -0.05) is 20.8 Å². The number of aliphatic carboxylic acids is 1. The minimum absolute atomic E-state index is 0.0122. The second-order valence-electron chi connectivity index (χ2n) is 4.92. The van der Waals surface area contributed by atoms with Crippen LogP contribution in [0.2, 0.25) is 0 Å². The molecule has 0 aromatic rings. The van der Waals surface area contributed by atoms with Gasteiger partial charge in [0, 0.05) is 19.0 Å². The molecule has 1 fully saturated rings. The summed E-state index contributed by atoms with van der Waals surface area (Å²) in [5.41, 5.74) is 0. The van der Waals surface area contributed by atoms with Gasteiger partial charge in [0.2, 0.25) is 5.91 Å². The number of carbonyl (C=O) groups excluding carboxylic acids is 1. The number of likely N-dealkylation sites (tertiary alicyclic amines) is 1. The van der Waals surface area contributed by atoms with Crippen molar-refractivity contribution in [2.24, 2.45) is 17.8 Å². The Balaban J connectivity index is 2.54. The normalized spacial score (nSPS) is 21.6. The van der Waals surface area contributed by atoms with E-state index in [4.69, 9.17) is 5.11 Å². The summed E-state index contributed by atoms with van der Waals surface area (Å²) >= 11 is 0. The zero-order valence-corrected chi connectivity index (χ0v) is 10.3. The predicted molar refractivity (Wildman–Crippen MR) is 60.9 cm³/mol. The number of nitrogens with zero attached hydrogens (tertiary/aromatic N) is 1. The number of carboxylic acid groups (broad SMARTS) is 1. The van der Waals surface area contributed by atoms with E-state index < -0.39 is 17.8 Å². The summed E-state index contributed by atoms with van der Waals surface area (Å²) in [5, 5.41) is 8.87. The summed E-state index contributed by atoms with van der Waals surface area (Å²) in [5.74, 6) is -1.26. The number of carbonyl (C=O) groups is 2. The Morgan fingerprint density at radius 1 is 1.19 bits per heavy atom. The molecule has 0 aromatic heterocycles. The van der Waals surface area contributed by atoms with Gasteiger partial charge in [-0.2, -0.15) is 0 Å². The first-order valence-electron chi connectivity index (χ1n) is 5.95. The Hall–Kier alpha value is -1.06. The molecule has 4 heteroatoms. The Bertz CT molecular complexity index is 269. The third-order valence-corrected chi connectivity index (χ3v) is 3.62. The van der Waals surface area contributed by atoms with Crippen LogP contribution in [0.4, 0.5) is 0 Å². The minimum Gasteiger partial charge on any atom is -0.481 e. The molecule has 0 aromatic carbocycles. The molecular formula is C12H21NO3. The van der Waals surface area contributed by atoms with Crippen LogP contribution >= 0.6 is 0 Å². The highest BCUT2D eigenvalue weighted by atomic mass is 16.4. The van der Waals surface area contributed by atoms with Gasteiger partial charge in [-0.15, -0.1) is 0 Å². The second kappa shape index (κ2) is 5.32. The summed E-state index contributed by atoms with van der Waals surface area (Å²) in [7, 11) is 0. The highest BCUT2D eigenvalue weighted by molar-refractivity contribution is 5.84. The molecule has 2 unspecified atom stereocenters. The lowest BCUT2D eigenvalue weighted by Gasteiger charge is -2.33. The highest BCUT2D eigenvalue weighted by Crippen LogP contribution is 2.20. The van der Waals surface area contributed by atoms with Gasteiger partial charge >= 0.3 is 5.97 Å². The summed E-state index contributed by atoms with van der Waals surface area (Å²) in [6.07, 6.45) is 2.06. The smallest absolute Gasteiger partial charge is 0.307 e. The molecular weight excluding hydrogens is 206 g/mol. The van der Waals surface area contributed by atoms with Crippen LogP contribution in [0, 0.1) is 17.8 Å². The van der Waals surface area contributed by atoms with Crippen molar-refractivity contribution in [1.29, 1.82) is 0 Å². The van der Waals surface area contributed by atoms with Crippen molar-refractivity contribution in [2.45, 2.75) is 33.6 Å². The van der Waals surface area contributed by atoms with Crippen molar-refractivity contribution in [3.63, 3.8) is 0 Å². The fourth-order valence-corrected chi connectivity index (χ4v) is 1.94. The van der Waals surface area contributed by atoms with Gasteiger partial charge in [-0.05, 0) is 18.8 Å². The van der Waals surface area contributed by atoms with Crippen LogP contribution in [0.15, 0.2) is 0 Å². The molecule has 2 atom stereocenters. The lowest BCUT2D eigenvalue weighted by molar-refractivity contribution is -0.149. The van der Waals surface area contributed by atoms with Crippen LogP contribution in [-0.4, -0.2) is 35.0 Å². The van der Waals surface area contributed by atoms with Gasteiger partial charge < -0.3 is 10.0 Å². The molecule has 16 heavy (non-hydrogen) atoms. The van der Waals surface area contributed by atoms with Crippen molar-refractivity contribution >= 4 is 11.9 Å². The summed E-state index contributed by atoms with van der Waals surface area (Å²) in [6, 6.07) is 0. The number of piperidine rings is 1. The Labute approximate surface area is 96.6 Å². The molecule has 0 aliphatic carbocycles. The minimum atomic E-state index is -0.897. The molecule has 1 rings (SSSR count). The van der Waals surface area contributed by atoms with Crippen LogP contribution in [0.1, 0.15) is 33.6 Å². The molecule has 1 aliphatic rings. The van der Waals surface area contributed by atoms with Crippen LogP contribution in [0.25, 0.3) is 0 Å². The molecule has 0 saturated carbocycles. The van der Waals surface area contributed by atoms with E-state index >= 15 is 0 Å². The number of amides is 1. The van der Waals surface area contributed by atoms with E-state index in [2.05, 4.69) is 6.92 Å². The third kappa shape index (κ3) is 2.97. The number of hydrogen-bond donors (Lipinski definition) is 1. The molecule has 0 radical (unpaired) electrons. The topological polar surface area (TPSA) is 57.6 Å². The average molecular weight is 227 g/mol. The molecule has 1 saturated heterocycles. The highest BCUT2D eigenvalue weighted by Gasteiger charge is 2.30. The largest absolute Gasteiger partial charge is 0.481 e. The Morgan fingerprint density at radius 3 is 2.12 bits per heavy atom. The van der Waals surface area contributed by atoms with Crippen LogP contribution in [0.5, 0.6) is 0 Å². The molecule has 0 bridgehead atoms. The van der Waals surface area contributed by atoms with Crippen molar-refractivity contribution in [1.82, 2.24) is 4.90 Å². The summed E-state index contributed by atoms with van der Waals surface area (Å²) in [4.78, 5) is 24.6. The molecule has 1 heterocycles. The standard InChI is InChI=1S/C12H21NO3/c1-8-4-6-13(7-5-8)11(14)9(2)10(3)12(15)16/h8-10H,4-7H2,1-3H3,(H,15,16). The summed E-state index contributed by atoms with van der Waals surface area (Å²) < 4.78 is 0. The number of carboxylic acids is 1. The monoisotopic (exact) mass is 227 g/mol. The second-order valence-corrected chi connectivity index (χ2v) is 4.92. The van der Waals surface area contributed by atoms with E-state index in [-0.39, 0.29) is 5.91 Å². The Kier molecular flexibility index (Phi) is 4.33. The van der Waals surface area contributed by atoms with Gasteiger partial charge in [-0.3, -0.25) is 9.59 Å². The maximum atomic E-state index is 12.0. The van der Waals surface area contributed by atoms with E-state index in [9.17, 15) is 9.59 Å². The molecule has 1 N–H and O–H groups in total. The van der Waals surface area contributed by atoms with Crippen LogP contribution in [0.3, 0.4) is 0 Å². The van der Waals surface area contributed by atoms with Gasteiger partial charge in [-0.25, -0.2) is 0 Å². The van der Waals surface area contributed by atoms with Crippen LogP contribution in [-0.2, 0) is 9.59 Å². The van der Waals surface area contributed by atoms with E-state index in [1.54, 1.807) is 13.8 Å². The quantitative estimate of drug-likeness (QED) is 0.796. The van der Waals surface area contributed by atoms with Gasteiger partial charge in [0.25, 0.3) is 0 Å². The van der Waals surface area contributed by atoms with Gasteiger partial charge in [0.05, 0.1) is 5.92 Å². The van der Waals surface area contributed by atoms with E-state index in [1.807, 2.05) is 4.90 Å². The van der Waals surface area contributed by atoms with Crippen molar-refractivity contribution in [3.8, 4) is 0 Å². The number of hydrogen-bond acceptors (Lipinski definition) is 2. The SMILES string of the molecule is CC1CCN(C(=O)C(C)C(C)C(=O)O)CC1. The molecule has 4 nitrogen and oxygen atoms in total. The average Bonchev–Trinajstić information content (AvgIpc) is 2.27. The lowest BCUT2D eigenvalue weighted by atomic mass is 9.92. The predicted octanol–water partition coefficient (Wildman–Crippen LogP) is 1.60. The zero-order valence-electron chi connectivity index (χ0n) is 10.3. The molecule has 0 spiro atoms. The first kappa shape index (κ1) is 13.0. The maximum Gasteiger partial charge on any atom is 0.307 e. The van der Waals surface area contributed by atoms with E-state index in [0.717, 1.165) is 25.9 Å². The molecule has 1 aliphatic heterocycles. The maximum absolute atomic E-state index is 12.0. The fraction of sp³-hybridized carbons (Fsp3) is 0.833. The van der Waals surface area contributed by atoms with Crippen molar-refractivity contribution in [3.05, 3.63) is 0 Å². The zero-order chi connectivity index (χ0) is 12.3.